The minimum Gasteiger partial charge on any atom is -0.493 e. The van der Waals surface area contributed by atoms with Gasteiger partial charge in [0.15, 0.2) is 0 Å². The molecule has 6 nitrogen and oxygen atoms in total. The largest absolute Gasteiger partial charge is 0.493 e. The summed E-state index contributed by atoms with van der Waals surface area (Å²) in [5.74, 6) is -1.15. The van der Waals surface area contributed by atoms with Crippen molar-refractivity contribution in [2.24, 2.45) is 0 Å². The molecule has 0 unspecified atom stereocenters. The Balaban J connectivity index is 2.04. The van der Waals surface area contributed by atoms with Gasteiger partial charge in [0.1, 0.15) is 17.7 Å². The number of halogens is 2. The van der Waals surface area contributed by atoms with Gasteiger partial charge in [0, 0.05) is 16.1 Å². The maximum Gasteiger partial charge on any atom is 0.258 e. The van der Waals surface area contributed by atoms with Crippen LogP contribution in [-0.4, -0.2) is 29.8 Å². The van der Waals surface area contributed by atoms with Crippen LogP contribution in [0.25, 0.3) is 28.0 Å². The van der Waals surface area contributed by atoms with Gasteiger partial charge in [0.2, 0.25) is 11.8 Å². The maximum absolute atomic E-state index is 13.7. The predicted molar refractivity (Wildman–Crippen MR) is 90.0 cm³/mol. The summed E-state index contributed by atoms with van der Waals surface area (Å²) in [6.07, 6.45) is 1.21. The molecule has 0 spiro atoms. The topological polar surface area (TPSA) is 83.5 Å². The third kappa shape index (κ3) is 2.45. The molecule has 4 aromatic rings. The van der Waals surface area contributed by atoms with E-state index in [4.69, 9.17) is 11.6 Å². The second-order valence-corrected chi connectivity index (χ2v) is 5.68. The van der Waals surface area contributed by atoms with Gasteiger partial charge in [-0.15, -0.1) is 0 Å². The maximum atomic E-state index is 13.7. The number of benzene rings is 2. The lowest BCUT2D eigenvalue weighted by Crippen LogP contribution is -1.97. The molecule has 2 N–H and O–H groups in total. The molecule has 2 aromatic heterocycles. The molecule has 0 radical (unpaired) electrons. The van der Waals surface area contributed by atoms with Crippen molar-refractivity contribution in [3.8, 4) is 34.0 Å². The molecule has 124 valence electrons. The zero-order valence-corrected chi connectivity index (χ0v) is 13.3. The molecule has 0 amide bonds. The van der Waals surface area contributed by atoms with Gasteiger partial charge in [0.25, 0.3) is 5.78 Å². The van der Waals surface area contributed by atoms with Crippen molar-refractivity contribution in [1.82, 2.24) is 19.6 Å². The fraction of sp³-hybridized carbons (Fsp3) is 0. The zero-order valence-electron chi connectivity index (χ0n) is 12.6. The molecule has 0 aliphatic carbocycles. The minimum absolute atomic E-state index is 0.0499. The molecule has 0 saturated carbocycles. The second-order valence-electron chi connectivity index (χ2n) is 5.28. The molecular weight excluding hydrogens is 347 g/mol. The van der Waals surface area contributed by atoms with Crippen LogP contribution in [0.15, 0.2) is 48.8 Å². The zero-order chi connectivity index (χ0) is 17.6. The van der Waals surface area contributed by atoms with Crippen LogP contribution in [0.3, 0.4) is 0 Å². The van der Waals surface area contributed by atoms with Crippen molar-refractivity contribution < 1.29 is 14.6 Å². The Morgan fingerprint density at radius 3 is 2.56 bits per heavy atom. The number of rotatable bonds is 2. The summed E-state index contributed by atoms with van der Waals surface area (Å²) < 4.78 is 14.8. The summed E-state index contributed by atoms with van der Waals surface area (Å²) in [5.41, 5.74) is 1.43. The van der Waals surface area contributed by atoms with E-state index in [2.05, 4.69) is 15.1 Å². The number of hydrogen-bond donors (Lipinski definition) is 2. The number of aromatic nitrogens is 4. The third-order valence-corrected chi connectivity index (χ3v) is 4.13. The molecule has 0 aliphatic rings. The Morgan fingerprint density at radius 2 is 1.76 bits per heavy atom. The lowest BCUT2D eigenvalue weighted by Gasteiger charge is -2.13. The van der Waals surface area contributed by atoms with Crippen LogP contribution in [0.2, 0.25) is 5.02 Å². The number of nitrogens with zero attached hydrogens (tertiary/aromatic N) is 4. The number of hydrogen-bond acceptors (Lipinski definition) is 5. The van der Waals surface area contributed by atoms with Crippen molar-refractivity contribution in [2.75, 3.05) is 0 Å². The van der Waals surface area contributed by atoms with Crippen molar-refractivity contribution in [2.45, 2.75) is 0 Å². The van der Waals surface area contributed by atoms with Gasteiger partial charge in [-0.25, -0.2) is 4.39 Å². The predicted octanol–water partition coefficient (Wildman–Crippen LogP) is 3.66. The summed E-state index contributed by atoms with van der Waals surface area (Å²) in [6, 6.07) is 10.8. The highest BCUT2D eigenvalue weighted by molar-refractivity contribution is 6.33. The van der Waals surface area contributed by atoms with Crippen LogP contribution in [0.1, 0.15) is 0 Å². The lowest BCUT2D eigenvalue weighted by molar-refractivity contribution is 0.416. The molecule has 4 rings (SSSR count). The van der Waals surface area contributed by atoms with Gasteiger partial charge in [-0.3, -0.25) is 0 Å². The van der Waals surface area contributed by atoms with Gasteiger partial charge in [-0.05, 0) is 23.8 Å². The summed E-state index contributed by atoms with van der Waals surface area (Å²) in [4.78, 5) is 7.76. The SMILES string of the molecule is Oc1nc2ncnn2c(O)c1-c1ccccc1-c1cc(F)ccc1Cl. The highest BCUT2D eigenvalue weighted by atomic mass is 35.5. The second kappa shape index (κ2) is 5.71. The average Bonchev–Trinajstić information content (AvgIpc) is 3.06. The van der Waals surface area contributed by atoms with E-state index in [-0.39, 0.29) is 17.2 Å². The van der Waals surface area contributed by atoms with Crippen LogP contribution in [0.4, 0.5) is 4.39 Å². The van der Waals surface area contributed by atoms with E-state index in [0.29, 0.717) is 21.7 Å². The normalized spacial score (nSPS) is 11.1. The smallest absolute Gasteiger partial charge is 0.258 e. The third-order valence-electron chi connectivity index (χ3n) is 3.80. The first-order valence-corrected chi connectivity index (χ1v) is 7.60. The minimum atomic E-state index is -0.451. The Bertz CT molecular complexity index is 1110. The van der Waals surface area contributed by atoms with Gasteiger partial charge in [-0.1, -0.05) is 35.9 Å². The lowest BCUT2D eigenvalue weighted by atomic mass is 9.95. The fourth-order valence-corrected chi connectivity index (χ4v) is 2.92. The van der Waals surface area contributed by atoms with E-state index in [1.54, 1.807) is 24.3 Å². The molecule has 2 heterocycles. The monoisotopic (exact) mass is 356 g/mol. The van der Waals surface area contributed by atoms with Crippen LogP contribution < -0.4 is 0 Å². The molecule has 25 heavy (non-hydrogen) atoms. The molecule has 0 aliphatic heterocycles. The average molecular weight is 357 g/mol. The quantitative estimate of drug-likeness (QED) is 0.572. The Labute approximate surface area is 145 Å². The summed E-state index contributed by atoms with van der Waals surface area (Å²) in [5, 5.41) is 25.0. The van der Waals surface area contributed by atoms with E-state index in [9.17, 15) is 14.6 Å². The van der Waals surface area contributed by atoms with E-state index >= 15 is 0 Å². The fourth-order valence-electron chi connectivity index (χ4n) is 2.70. The van der Waals surface area contributed by atoms with Gasteiger partial charge in [-0.2, -0.15) is 19.6 Å². The first-order chi connectivity index (χ1) is 12.1. The van der Waals surface area contributed by atoms with Crippen molar-refractivity contribution in [3.05, 3.63) is 59.6 Å². The summed E-state index contributed by atoms with van der Waals surface area (Å²) in [6.45, 7) is 0. The van der Waals surface area contributed by atoms with Crippen molar-refractivity contribution in [1.29, 1.82) is 0 Å². The molecule has 0 atom stereocenters. The number of fused-ring (bicyclic) bond motifs is 1. The molecule has 0 fully saturated rings. The first-order valence-electron chi connectivity index (χ1n) is 7.22. The van der Waals surface area contributed by atoms with Crippen LogP contribution in [-0.2, 0) is 0 Å². The summed E-state index contributed by atoms with van der Waals surface area (Å²) in [7, 11) is 0. The number of aromatic hydroxyl groups is 2. The van der Waals surface area contributed by atoms with Crippen LogP contribution in [0, 0.1) is 5.82 Å². The van der Waals surface area contributed by atoms with E-state index < -0.39 is 11.7 Å². The van der Waals surface area contributed by atoms with E-state index in [1.165, 1.54) is 24.5 Å². The Hall–Kier alpha value is -3.19. The highest BCUT2D eigenvalue weighted by Gasteiger charge is 2.21. The Kier molecular flexibility index (Phi) is 3.51. The summed E-state index contributed by atoms with van der Waals surface area (Å²) >= 11 is 6.21. The molecule has 8 heteroatoms. The molecule has 0 bridgehead atoms. The van der Waals surface area contributed by atoms with E-state index in [1.807, 2.05) is 0 Å². The highest BCUT2D eigenvalue weighted by Crippen LogP contribution is 2.42. The molecular formula is C17H10ClFN4O2. The standard InChI is InChI=1S/C17H10ClFN4O2/c18-13-6-5-9(19)7-12(13)10-3-1-2-4-11(10)14-15(24)22-17-20-8-21-23(17)16(14)25/h1-8,25H,(H,20,21,22,24). The molecule has 0 saturated heterocycles. The molecule has 2 aromatic carbocycles. The van der Waals surface area contributed by atoms with Gasteiger partial charge < -0.3 is 10.2 Å². The van der Waals surface area contributed by atoms with Crippen molar-refractivity contribution >= 4 is 17.4 Å². The van der Waals surface area contributed by atoms with Crippen LogP contribution >= 0.6 is 11.6 Å². The first kappa shape index (κ1) is 15.3. The Morgan fingerprint density at radius 1 is 1.00 bits per heavy atom. The van der Waals surface area contributed by atoms with Gasteiger partial charge in [0.05, 0.1) is 0 Å². The van der Waals surface area contributed by atoms with Crippen LogP contribution in [0.5, 0.6) is 11.8 Å². The van der Waals surface area contributed by atoms with E-state index in [0.717, 1.165) is 4.52 Å². The van der Waals surface area contributed by atoms with Gasteiger partial charge >= 0.3 is 0 Å². The van der Waals surface area contributed by atoms with Crippen molar-refractivity contribution in [3.63, 3.8) is 0 Å².